The van der Waals surface area contributed by atoms with E-state index in [9.17, 15) is 4.79 Å². The first-order valence-corrected chi connectivity index (χ1v) is 8.43. The predicted molar refractivity (Wildman–Crippen MR) is 94.1 cm³/mol. The molecule has 0 spiro atoms. The first-order valence-electron chi connectivity index (χ1n) is 8.43. The minimum absolute atomic E-state index is 0.0301. The van der Waals surface area contributed by atoms with Gasteiger partial charge in [0.2, 0.25) is 0 Å². The van der Waals surface area contributed by atoms with Gasteiger partial charge in [-0.05, 0) is 13.8 Å². The monoisotopic (exact) mass is 336 g/mol. The average Bonchev–Trinajstić information content (AvgIpc) is 2.97. The molecule has 1 aliphatic heterocycles. The fourth-order valence-corrected chi connectivity index (χ4v) is 3.36. The van der Waals surface area contributed by atoms with Crippen molar-refractivity contribution in [2.75, 3.05) is 6.54 Å². The van der Waals surface area contributed by atoms with E-state index >= 15 is 0 Å². The van der Waals surface area contributed by atoms with Crippen LogP contribution in [0.3, 0.4) is 0 Å². The van der Waals surface area contributed by atoms with Gasteiger partial charge in [-0.3, -0.25) is 9.69 Å². The van der Waals surface area contributed by atoms with Crippen LogP contribution in [0.15, 0.2) is 39.6 Å². The highest BCUT2D eigenvalue weighted by Gasteiger charge is 2.24. The van der Waals surface area contributed by atoms with Gasteiger partial charge in [-0.1, -0.05) is 35.5 Å². The molecule has 25 heavy (non-hydrogen) atoms. The third-order valence-corrected chi connectivity index (χ3v) is 4.68. The molecule has 0 saturated carbocycles. The molecule has 1 N–H and O–H groups in total. The quantitative estimate of drug-likeness (QED) is 0.796. The fraction of sp³-hybridized carbons (Fsp3) is 0.316. The molecule has 1 aliphatic rings. The molecule has 4 rings (SSSR count). The zero-order valence-electron chi connectivity index (χ0n) is 14.4. The summed E-state index contributed by atoms with van der Waals surface area (Å²) < 4.78 is 5.44. The summed E-state index contributed by atoms with van der Waals surface area (Å²) in [7, 11) is 0. The number of aryl methyl sites for hydroxylation is 2. The van der Waals surface area contributed by atoms with Crippen molar-refractivity contribution >= 4 is 0 Å². The van der Waals surface area contributed by atoms with Crippen molar-refractivity contribution in [2.45, 2.75) is 33.4 Å². The van der Waals surface area contributed by atoms with E-state index < -0.39 is 0 Å². The molecule has 2 aromatic heterocycles. The van der Waals surface area contributed by atoms with E-state index in [0.717, 1.165) is 46.8 Å². The fourth-order valence-electron chi connectivity index (χ4n) is 3.36. The van der Waals surface area contributed by atoms with Crippen LogP contribution in [0, 0.1) is 13.8 Å². The molecular formula is C19H20N4O2. The molecule has 0 aliphatic carbocycles. The van der Waals surface area contributed by atoms with Crippen LogP contribution in [0.25, 0.3) is 11.3 Å². The topological polar surface area (TPSA) is 75.0 Å². The van der Waals surface area contributed by atoms with Crippen LogP contribution < -0.4 is 5.56 Å². The second-order valence-corrected chi connectivity index (χ2v) is 6.47. The SMILES string of the molecule is Cc1nc2c(c(=O)[nH]1)CN(Cc1c(-c3ccccc3)noc1C)CC2. The average molecular weight is 336 g/mol. The predicted octanol–water partition coefficient (Wildman–Crippen LogP) is 2.60. The molecule has 0 bridgehead atoms. The van der Waals surface area contributed by atoms with Gasteiger partial charge in [-0.2, -0.15) is 0 Å². The van der Waals surface area contributed by atoms with E-state index in [1.54, 1.807) is 0 Å². The number of benzene rings is 1. The number of nitrogens with zero attached hydrogens (tertiary/aromatic N) is 3. The van der Waals surface area contributed by atoms with Crippen molar-refractivity contribution in [2.24, 2.45) is 0 Å². The Morgan fingerprint density at radius 1 is 1.24 bits per heavy atom. The molecule has 0 fully saturated rings. The van der Waals surface area contributed by atoms with Crippen molar-refractivity contribution in [3.05, 3.63) is 69.1 Å². The van der Waals surface area contributed by atoms with Gasteiger partial charge in [-0.15, -0.1) is 0 Å². The lowest BCUT2D eigenvalue weighted by Gasteiger charge is -2.27. The van der Waals surface area contributed by atoms with Crippen LogP contribution in [0.2, 0.25) is 0 Å². The molecule has 0 radical (unpaired) electrons. The first-order chi connectivity index (χ1) is 12.1. The van der Waals surface area contributed by atoms with Crippen molar-refractivity contribution in [3.8, 4) is 11.3 Å². The Labute approximate surface area is 145 Å². The summed E-state index contributed by atoms with van der Waals surface area (Å²) in [6.45, 7) is 5.91. The van der Waals surface area contributed by atoms with Crippen molar-refractivity contribution < 1.29 is 4.52 Å². The Kier molecular flexibility index (Phi) is 3.97. The Morgan fingerprint density at radius 3 is 2.84 bits per heavy atom. The van der Waals surface area contributed by atoms with Crippen LogP contribution in [-0.2, 0) is 19.5 Å². The summed E-state index contributed by atoms with van der Waals surface area (Å²) in [4.78, 5) is 21.8. The van der Waals surface area contributed by atoms with E-state index in [2.05, 4.69) is 20.0 Å². The van der Waals surface area contributed by atoms with Crippen LogP contribution >= 0.6 is 0 Å². The summed E-state index contributed by atoms with van der Waals surface area (Å²) in [6.07, 6.45) is 0.783. The maximum Gasteiger partial charge on any atom is 0.255 e. The van der Waals surface area contributed by atoms with E-state index in [0.29, 0.717) is 18.9 Å². The number of aromatic nitrogens is 3. The number of aromatic amines is 1. The summed E-state index contributed by atoms with van der Waals surface area (Å²) in [5, 5.41) is 4.24. The number of fused-ring (bicyclic) bond motifs is 1. The van der Waals surface area contributed by atoms with Crippen molar-refractivity contribution in [1.82, 2.24) is 20.0 Å². The van der Waals surface area contributed by atoms with Gasteiger partial charge in [0.25, 0.3) is 5.56 Å². The second-order valence-electron chi connectivity index (χ2n) is 6.47. The first kappa shape index (κ1) is 15.8. The summed E-state index contributed by atoms with van der Waals surface area (Å²) in [5.41, 5.74) is 4.65. The zero-order chi connectivity index (χ0) is 17.4. The van der Waals surface area contributed by atoms with E-state index in [4.69, 9.17) is 4.52 Å². The van der Waals surface area contributed by atoms with Crippen LogP contribution in [0.4, 0.5) is 0 Å². The molecule has 0 unspecified atom stereocenters. The maximum atomic E-state index is 12.2. The zero-order valence-corrected chi connectivity index (χ0v) is 14.4. The Bertz CT molecular complexity index is 959. The largest absolute Gasteiger partial charge is 0.361 e. The van der Waals surface area contributed by atoms with Crippen LogP contribution in [0.1, 0.15) is 28.4 Å². The number of hydrogen-bond donors (Lipinski definition) is 1. The standard InChI is InChI=1S/C19H20N4O2/c1-12-15(18(22-25-12)14-6-4-3-5-7-14)10-23-9-8-17-16(11-23)19(24)21-13(2)20-17/h3-7H,8-11H2,1-2H3,(H,20,21,24). The molecule has 128 valence electrons. The van der Waals surface area contributed by atoms with Crippen molar-refractivity contribution in [3.63, 3.8) is 0 Å². The highest BCUT2D eigenvalue weighted by Crippen LogP contribution is 2.27. The van der Waals surface area contributed by atoms with E-state index in [-0.39, 0.29) is 5.56 Å². The number of nitrogens with one attached hydrogen (secondary N) is 1. The smallest absolute Gasteiger partial charge is 0.255 e. The Morgan fingerprint density at radius 2 is 2.04 bits per heavy atom. The third kappa shape index (κ3) is 3.00. The van der Waals surface area contributed by atoms with E-state index in [1.165, 1.54) is 0 Å². The molecule has 1 aromatic carbocycles. The lowest BCUT2D eigenvalue weighted by atomic mass is 10.0. The summed E-state index contributed by atoms with van der Waals surface area (Å²) in [5.74, 6) is 1.50. The minimum atomic E-state index is -0.0301. The van der Waals surface area contributed by atoms with Crippen LogP contribution in [0.5, 0.6) is 0 Å². The van der Waals surface area contributed by atoms with Gasteiger partial charge in [0.1, 0.15) is 17.3 Å². The summed E-state index contributed by atoms with van der Waals surface area (Å²) >= 11 is 0. The Balaban J connectivity index is 1.62. The molecule has 0 saturated heterocycles. The van der Waals surface area contributed by atoms with E-state index in [1.807, 2.05) is 44.2 Å². The molecule has 0 amide bonds. The highest BCUT2D eigenvalue weighted by atomic mass is 16.5. The lowest BCUT2D eigenvalue weighted by molar-refractivity contribution is 0.240. The molecule has 0 atom stereocenters. The maximum absolute atomic E-state index is 12.2. The number of H-pyrrole nitrogens is 1. The number of rotatable bonds is 3. The Hall–Kier alpha value is -2.73. The summed E-state index contributed by atoms with van der Waals surface area (Å²) in [6, 6.07) is 10.0. The van der Waals surface area contributed by atoms with Gasteiger partial charge in [0.05, 0.1) is 11.3 Å². The van der Waals surface area contributed by atoms with Gasteiger partial charge in [-0.25, -0.2) is 4.98 Å². The van der Waals surface area contributed by atoms with Crippen molar-refractivity contribution in [1.29, 1.82) is 0 Å². The molecule has 3 heterocycles. The molecule has 6 nitrogen and oxygen atoms in total. The van der Waals surface area contributed by atoms with Gasteiger partial charge < -0.3 is 9.51 Å². The minimum Gasteiger partial charge on any atom is -0.361 e. The van der Waals surface area contributed by atoms with Crippen LogP contribution in [-0.4, -0.2) is 26.6 Å². The third-order valence-electron chi connectivity index (χ3n) is 4.68. The highest BCUT2D eigenvalue weighted by molar-refractivity contribution is 5.63. The van der Waals surface area contributed by atoms with Gasteiger partial charge in [0.15, 0.2) is 0 Å². The van der Waals surface area contributed by atoms with Gasteiger partial charge >= 0.3 is 0 Å². The molecule has 6 heteroatoms. The molecular weight excluding hydrogens is 316 g/mol. The number of hydrogen-bond acceptors (Lipinski definition) is 5. The second kappa shape index (κ2) is 6.29. The normalized spacial score (nSPS) is 14.5. The van der Waals surface area contributed by atoms with Gasteiger partial charge in [0, 0.05) is 37.2 Å². The molecule has 3 aromatic rings. The lowest BCUT2D eigenvalue weighted by Crippen LogP contribution is -2.35.